The second-order valence-corrected chi connectivity index (χ2v) is 9.46. The van der Waals surface area contributed by atoms with Gasteiger partial charge in [-0.25, -0.2) is 4.98 Å². The van der Waals surface area contributed by atoms with Crippen LogP contribution in [0, 0.1) is 0 Å². The van der Waals surface area contributed by atoms with E-state index >= 15 is 0 Å². The molecule has 0 saturated heterocycles. The highest BCUT2D eigenvalue weighted by atomic mass is 35.5. The molecule has 1 fully saturated rings. The number of hydrogen-bond donors (Lipinski definition) is 1. The molecule has 170 valence electrons. The summed E-state index contributed by atoms with van der Waals surface area (Å²) in [7, 11) is 0. The van der Waals surface area contributed by atoms with E-state index in [1.54, 1.807) is 36.4 Å². The highest BCUT2D eigenvalue weighted by Crippen LogP contribution is 2.47. The quantitative estimate of drug-likeness (QED) is 0.301. The van der Waals surface area contributed by atoms with Gasteiger partial charge in [-0.15, -0.1) is 6.58 Å². The van der Waals surface area contributed by atoms with Crippen LogP contribution in [0.1, 0.15) is 25.7 Å². The number of carbonyl (C=O) groups is 1. The number of nitrogens with one attached hydrogen (secondary N) is 1. The van der Waals surface area contributed by atoms with Crippen molar-refractivity contribution in [3.05, 3.63) is 64.4 Å². The van der Waals surface area contributed by atoms with E-state index in [1.807, 2.05) is 6.07 Å². The van der Waals surface area contributed by atoms with Crippen molar-refractivity contribution in [3.63, 3.8) is 0 Å². The monoisotopic (exact) mass is 483 g/mol. The number of allylic oxidation sites excluding steroid dienone is 1. The first-order chi connectivity index (χ1) is 16.0. The second-order valence-electron chi connectivity index (χ2n) is 8.08. The Morgan fingerprint density at radius 2 is 2.00 bits per heavy atom. The summed E-state index contributed by atoms with van der Waals surface area (Å²) in [6, 6.07) is 10.4. The minimum absolute atomic E-state index is 0.0774. The van der Waals surface area contributed by atoms with Crippen LogP contribution in [0.25, 0.3) is 10.9 Å². The summed E-state index contributed by atoms with van der Waals surface area (Å²) in [5.41, 5.74) is 0.920. The fourth-order valence-corrected chi connectivity index (χ4v) is 5.17. The molecular weight excluding hydrogens is 462 g/mol. The number of thioether (sulfide) groups is 1. The number of aromatic nitrogens is 2. The van der Waals surface area contributed by atoms with Crippen molar-refractivity contribution in [1.29, 1.82) is 0 Å². The van der Waals surface area contributed by atoms with Crippen molar-refractivity contribution in [2.75, 3.05) is 11.1 Å². The molecule has 3 aromatic rings. The molecule has 0 unspecified atom stereocenters. The zero-order valence-corrected chi connectivity index (χ0v) is 19.4. The van der Waals surface area contributed by atoms with Crippen LogP contribution in [0.2, 0.25) is 5.02 Å². The van der Waals surface area contributed by atoms with Crippen LogP contribution in [0.5, 0.6) is 11.5 Å². The molecule has 1 spiro atoms. The third-order valence-corrected chi connectivity index (χ3v) is 6.92. The van der Waals surface area contributed by atoms with Gasteiger partial charge in [0.15, 0.2) is 16.7 Å². The van der Waals surface area contributed by atoms with Gasteiger partial charge < -0.3 is 14.8 Å². The summed E-state index contributed by atoms with van der Waals surface area (Å²) in [4.78, 5) is 30.1. The fourth-order valence-electron chi connectivity index (χ4n) is 4.19. The standard InChI is InChI=1S/C24H22ClN3O4S/c1-2-11-28-22(30)17-7-5-15(25)12-18(17)27-23(28)33-14-21(29)26-16-6-8-19-20(13-16)32-24(31-19)9-3-4-10-24/h2,5-8,12-13H,1,3-4,9-11,14H2,(H,26,29). The molecule has 0 atom stereocenters. The first kappa shape index (κ1) is 21.9. The lowest BCUT2D eigenvalue weighted by atomic mass is 10.2. The van der Waals surface area contributed by atoms with E-state index in [-0.39, 0.29) is 23.8 Å². The lowest BCUT2D eigenvalue weighted by Crippen LogP contribution is -2.34. The molecular formula is C24H22ClN3O4S. The molecule has 1 N–H and O–H groups in total. The minimum atomic E-state index is -0.541. The summed E-state index contributed by atoms with van der Waals surface area (Å²) in [5, 5.41) is 4.27. The normalized spacial score (nSPS) is 15.8. The van der Waals surface area contributed by atoms with Crippen LogP contribution in [-0.4, -0.2) is 27.0 Å². The van der Waals surface area contributed by atoms with Crippen LogP contribution in [0.15, 0.2) is 59.0 Å². The van der Waals surface area contributed by atoms with Gasteiger partial charge in [0.25, 0.3) is 11.3 Å². The highest BCUT2D eigenvalue weighted by Gasteiger charge is 2.44. The van der Waals surface area contributed by atoms with Crippen LogP contribution < -0.4 is 20.3 Å². The van der Waals surface area contributed by atoms with E-state index in [9.17, 15) is 9.59 Å². The summed E-state index contributed by atoms with van der Waals surface area (Å²) >= 11 is 7.25. The van der Waals surface area contributed by atoms with Crippen LogP contribution in [0.3, 0.4) is 0 Å². The average molecular weight is 484 g/mol. The predicted molar refractivity (Wildman–Crippen MR) is 129 cm³/mol. The van der Waals surface area contributed by atoms with Gasteiger partial charge in [0.05, 0.1) is 16.7 Å². The van der Waals surface area contributed by atoms with Crippen molar-refractivity contribution < 1.29 is 14.3 Å². The first-order valence-corrected chi connectivity index (χ1v) is 12.1. The number of benzene rings is 2. The van der Waals surface area contributed by atoms with Gasteiger partial charge in [-0.3, -0.25) is 14.2 Å². The maximum atomic E-state index is 12.9. The molecule has 1 saturated carbocycles. The molecule has 0 bridgehead atoms. The zero-order chi connectivity index (χ0) is 23.0. The maximum absolute atomic E-state index is 12.9. The summed E-state index contributed by atoms with van der Waals surface area (Å²) in [6.45, 7) is 4.01. The number of rotatable bonds is 6. The highest BCUT2D eigenvalue weighted by molar-refractivity contribution is 7.99. The van der Waals surface area contributed by atoms with Gasteiger partial charge in [-0.1, -0.05) is 29.4 Å². The minimum Gasteiger partial charge on any atom is -0.448 e. The molecule has 2 aliphatic rings. The first-order valence-electron chi connectivity index (χ1n) is 10.7. The van der Waals surface area contributed by atoms with E-state index in [0.717, 1.165) is 25.7 Å². The number of anilines is 1. The Labute approximate surface area is 199 Å². The lowest BCUT2D eigenvalue weighted by Gasteiger charge is -2.21. The van der Waals surface area contributed by atoms with Gasteiger partial charge >= 0.3 is 0 Å². The number of carbonyl (C=O) groups excluding carboxylic acids is 1. The summed E-state index contributed by atoms with van der Waals surface area (Å²) < 4.78 is 13.6. The molecule has 9 heteroatoms. The molecule has 7 nitrogen and oxygen atoms in total. The Hall–Kier alpha value is -2.97. The van der Waals surface area contributed by atoms with Gasteiger partial charge in [0, 0.05) is 36.2 Å². The molecule has 2 heterocycles. The molecule has 33 heavy (non-hydrogen) atoms. The molecule has 2 aromatic carbocycles. The predicted octanol–water partition coefficient (Wildman–Crippen LogP) is 5.01. The Morgan fingerprint density at radius 3 is 2.79 bits per heavy atom. The fraction of sp³-hybridized carbons (Fsp3) is 0.292. The largest absolute Gasteiger partial charge is 0.448 e. The lowest BCUT2D eigenvalue weighted by molar-refractivity contribution is -0.113. The topological polar surface area (TPSA) is 82.5 Å². The van der Waals surface area contributed by atoms with Crippen molar-refractivity contribution >= 4 is 45.9 Å². The summed E-state index contributed by atoms with van der Waals surface area (Å²) in [6.07, 6.45) is 5.53. The third kappa shape index (κ3) is 4.32. The summed E-state index contributed by atoms with van der Waals surface area (Å²) in [5.74, 6) is 0.668. The molecule has 1 aliphatic carbocycles. The van der Waals surface area contributed by atoms with Crippen LogP contribution in [-0.2, 0) is 11.3 Å². The molecule has 5 rings (SSSR count). The Kier molecular flexibility index (Phi) is 5.80. The van der Waals surface area contributed by atoms with Crippen molar-refractivity contribution in [2.24, 2.45) is 0 Å². The zero-order valence-electron chi connectivity index (χ0n) is 17.8. The van der Waals surface area contributed by atoms with E-state index in [0.29, 0.717) is 38.3 Å². The van der Waals surface area contributed by atoms with Gasteiger partial charge in [0.1, 0.15) is 0 Å². The van der Waals surface area contributed by atoms with Crippen molar-refractivity contribution in [2.45, 2.75) is 43.2 Å². The van der Waals surface area contributed by atoms with Gasteiger partial charge in [0.2, 0.25) is 5.91 Å². The smallest absolute Gasteiger partial charge is 0.262 e. The van der Waals surface area contributed by atoms with E-state index in [1.165, 1.54) is 16.3 Å². The van der Waals surface area contributed by atoms with Gasteiger partial charge in [-0.2, -0.15) is 0 Å². The van der Waals surface area contributed by atoms with Gasteiger partial charge in [-0.05, 0) is 43.2 Å². The Bertz CT molecular complexity index is 1320. The molecule has 1 aromatic heterocycles. The number of ether oxygens (including phenoxy) is 2. The molecule has 0 radical (unpaired) electrons. The number of halogens is 1. The van der Waals surface area contributed by atoms with E-state index in [4.69, 9.17) is 21.1 Å². The van der Waals surface area contributed by atoms with Crippen molar-refractivity contribution in [1.82, 2.24) is 9.55 Å². The second kappa shape index (κ2) is 8.76. The Balaban J connectivity index is 1.30. The molecule has 1 aliphatic heterocycles. The molecule has 1 amide bonds. The van der Waals surface area contributed by atoms with Crippen molar-refractivity contribution in [3.8, 4) is 11.5 Å². The van der Waals surface area contributed by atoms with Crippen LogP contribution in [0.4, 0.5) is 5.69 Å². The maximum Gasteiger partial charge on any atom is 0.262 e. The van der Waals surface area contributed by atoms with E-state index in [2.05, 4.69) is 16.9 Å². The average Bonchev–Trinajstić information content (AvgIpc) is 3.39. The number of fused-ring (bicyclic) bond motifs is 2. The third-order valence-electron chi connectivity index (χ3n) is 5.71. The van der Waals surface area contributed by atoms with Crippen LogP contribution >= 0.6 is 23.4 Å². The SMILES string of the molecule is C=CCn1c(SCC(=O)Nc2ccc3c(c2)OC2(CCCC2)O3)nc2cc(Cl)ccc2c1=O. The van der Waals surface area contributed by atoms with E-state index < -0.39 is 5.79 Å². The Morgan fingerprint density at radius 1 is 1.21 bits per heavy atom. The number of hydrogen-bond acceptors (Lipinski definition) is 6. The number of amides is 1. The number of nitrogens with zero attached hydrogens (tertiary/aromatic N) is 2.